The summed E-state index contributed by atoms with van der Waals surface area (Å²) in [4.78, 5) is 0. The van der Waals surface area contributed by atoms with E-state index < -0.39 is 0 Å². The summed E-state index contributed by atoms with van der Waals surface area (Å²) >= 11 is 0. The summed E-state index contributed by atoms with van der Waals surface area (Å²) in [5.74, 6) is 1.74. The van der Waals surface area contributed by atoms with Crippen molar-refractivity contribution in [3.05, 3.63) is 35.9 Å². The molecule has 1 heteroatoms. The first kappa shape index (κ1) is 23.2. The first-order valence-corrected chi connectivity index (χ1v) is 10.5. The average molecular weight is 335 g/mol. The van der Waals surface area contributed by atoms with E-state index in [0.29, 0.717) is 6.61 Å². The van der Waals surface area contributed by atoms with Crippen LogP contribution < -0.4 is 0 Å². The summed E-state index contributed by atoms with van der Waals surface area (Å²) in [6.45, 7) is 8.39. The highest BCUT2D eigenvalue weighted by Crippen LogP contribution is 2.37. The highest BCUT2D eigenvalue weighted by atomic mass is 16.3. The normalized spacial score (nSPS) is 19.0. The molecule has 1 unspecified atom stereocenters. The van der Waals surface area contributed by atoms with Gasteiger partial charge in [0, 0.05) is 6.61 Å². The number of hydrogen-bond acceptors (Lipinski definition) is 1. The minimum Gasteiger partial charge on any atom is -0.396 e. The molecular formula is C23H42O. The van der Waals surface area contributed by atoms with Crippen LogP contribution in [0.4, 0.5) is 0 Å². The van der Waals surface area contributed by atoms with E-state index >= 15 is 0 Å². The van der Waals surface area contributed by atoms with E-state index in [-0.39, 0.29) is 0 Å². The lowest BCUT2D eigenvalue weighted by Gasteiger charge is -2.18. The molecule has 2 atom stereocenters. The molecule has 1 saturated carbocycles. The molecule has 0 heterocycles. The molecule has 0 radical (unpaired) electrons. The van der Waals surface area contributed by atoms with Crippen molar-refractivity contribution in [1.82, 2.24) is 0 Å². The molecule has 0 bridgehead atoms. The van der Waals surface area contributed by atoms with Crippen LogP contribution in [0.3, 0.4) is 0 Å². The summed E-state index contributed by atoms with van der Waals surface area (Å²) < 4.78 is 0. The van der Waals surface area contributed by atoms with Crippen LogP contribution in [0.1, 0.15) is 91.0 Å². The van der Waals surface area contributed by atoms with Crippen LogP contribution in [0.5, 0.6) is 0 Å². The van der Waals surface area contributed by atoms with Gasteiger partial charge >= 0.3 is 0 Å². The Balaban J connectivity index is 0.00000123. The van der Waals surface area contributed by atoms with E-state index in [9.17, 15) is 0 Å². The lowest BCUT2D eigenvalue weighted by molar-refractivity contribution is 0.228. The summed E-state index contributed by atoms with van der Waals surface area (Å²) in [6.07, 6.45) is 13.3. The van der Waals surface area contributed by atoms with E-state index in [2.05, 4.69) is 30.3 Å². The predicted octanol–water partition coefficient (Wildman–Crippen LogP) is 7.03. The number of aliphatic hydroxyl groups is 1. The summed E-state index contributed by atoms with van der Waals surface area (Å²) in [7, 11) is 0. The quantitative estimate of drug-likeness (QED) is 0.480. The van der Waals surface area contributed by atoms with E-state index in [1.54, 1.807) is 0 Å². The summed E-state index contributed by atoms with van der Waals surface area (Å²) in [5, 5.41) is 9.09. The van der Waals surface area contributed by atoms with Gasteiger partial charge in [0.1, 0.15) is 0 Å². The smallest absolute Gasteiger partial charge is 0.0433 e. The van der Waals surface area contributed by atoms with Crippen molar-refractivity contribution in [2.45, 2.75) is 91.9 Å². The summed E-state index contributed by atoms with van der Waals surface area (Å²) in [6, 6.07) is 10.8. The second kappa shape index (κ2) is 17.0. The number of aryl methyl sites for hydroxylation is 1. The van der Waals surface area contributed by atoms with Gasteiger partial charge in [0.2, 0.25) is 0 Å². The molecule has 1 fully saturated rings. The van der Waals surface area contributed by atoms with Gasteiger partial charge in [-0.3, -0.25) is 0 Å². The maximum absolute atomic E-state index is 9.09. The van der Waals surface area contributed by atoms with Gasteiger partial charge in [0.15, 0.2) is 0 Å². The minimum absolute atomic E-state index is 0.387. The lowest BCUT2D eigenvalue weighted by atomic mass is 9.88. The molecule has 140 valence electrons. The molecule has 0 amide bonds. The molecule has 1 nitrogen and oxygen atoms in total. The minimum atomic E-state index is 0.387. The highest BCUT2D eigenvalue weighted by Gasteiger charge is 2.25. The van der Waals surface area contributed by atoms with Crippen molar-refractivity contribution < 1.29 is 5.11 Å². The van der Waals surface area contributed by atoms with Crippen molar-refractivity contribution in [1.29, 1.82) is 0 Å². The topological polar surface area (TPSA) is 20.2 Å². The van der Waals surface area contributed by atoms with Crippen LogP contribution in [-0.4, -0.2) is 11.7 Å². The molecule has 24 heavy (non-hydrogen) atoms. The zero-order valence-corrected chi connectivity index (χ0v) is 16.8. The van der Waals surface area contributed by atoms with E-state index in [0.717, 1.165) is 18.3 Å². The van der Waals surface area contributed by atoms with Gasteiger partial charge in [0.05, 0.1) is 0 Å². The molecule has 1 aromatic carbocycles. The first-order chi connectivity index (χ1) is 11.9. The molecule has 0 aliphatic heterocycles. The number of hydrogen-bond donors (Lipinski definition) is 1. The highest BCUT2D eigenvalue weighted by molar-refractivity contribution is 5.14. The Morgan fingerprint density at radius 2 is 1.38 bits per heavy atom. The molecular weight excluding hydrogens is 292 g/mol. The molecule has 2 rings (SSSR count). The molecule has 1 N–H and O–H groups in total. The fourth-order valence-corrected chi connectivity index (χ4v) is 3.77. The van der Waals surface area contributed by atoms with Gasteiger partial charge in [-0.05, 0) is 36.7 Å². The van der Waals surface area contributed by atoms with Gasteiger partial charge in [0.25, 0.3) is 0 Å². The molecule has 1 aliphatic carbocycles. The zero-order valence-electron chi connectivity index (χ0n) is 16.8. The van der Waals surface area contributed by atoms with Crippen molar-refractivity contribution in [2.24, 2.45) is 11.8 Å². The Morgan fingerprint density at radius 1 is 0.792 bits per heavy atom. The van der Waals surface area contributed by atoms with Crippen molar-refractivity contribution >= 4 is 0 Å². The largest absolute Gasteiger partial charge is 0.396 e. The van der Waals surface area contributed by atoms with E-state index in [1.165, 1.54) is 63.4 Å². The predicted molar refractivity (Wildman–Crippen MR) is 108 cm³/mol. The molecule has 1 aromatic rings. The SMILES string of the molecule is CC.CC.OCC[C@H]1CCCC1CCCCCCc1ccccc1. The maximum atomic E-state index is 9.09. The van der Waals surface area contributed by atoms with E-state index in [1.807, 2.05) is 27.7 Å². The zero-order chi connectivity index (χ0) is 18.0. The second-order valence-corrected chi connectivity index (χ2v) is 6.40. The monoisotopic (exact) mass is 334 g/mol. The van der Waals surface area contributed by atoms with Crippen LogP contribution in [-0.2, 0) is 6.42 Å². The third-order valence-electron chi connectivity index (χ3n) is 4.95. The molecule has 0 spiro atoms. The maximum Gasteiger partial charge on any atom is 0.0433 e. The average Bonchev–Trinajstić information content (AvgIpc) is 3.10. The van der Waals surface area contributed by atoms with Gasteiger partial charge in [-0.25, -0.2) is 0 Å². The second-order valence-electron chi connectivity index (χ2n) is 6.40. The van der Waals surface area contributed by atoms with Gasteiger partial charge in [-0.2, -0.15) is 0 Å². The number of rotatable bonds is 9. The number of benzene rings is 1. The van der Waals surface area contributed by atoms with Crippen molar-refractivity contribution in [2.75, 3.05) is 6.61 Å². The van der Waals surface area contributed by atoms with Crippen LogP contribution in [0, 0.1) is 11.8 Å². The molecule has 0 saturated heterocycles. The van der Waals surface area contributed by atoms with Crippen LogP contribution in [0.15, 0.2) is 30.3 Å². The standard InChI is InChI=1S/C19H30O.2C2H6/c20-16-15-19-14-8-13-18(19)12-7-2-1-4-9-17-10-5-3-6-11-17;2*1-2/h3,5-6,10-11,18-20H,1-2,4,7-9,12-16H2;2*1-2H3/t18?,19-;;/m1../s1. The Hall–Kier alpha value is -0.820. The number of unbranched alkanes of at least 4 members (excludes halogenated alkanes) is 3. The number of aliphatic hydroxyl groups excluding tert-OH is 1. The van der Waals surface area contributed by atoms with Crippen LogP contribution >= 0.6 is 0 Å². The van der Waals surface area contributed by atoms with Crippen molar-refractivity contribution in [3.8, 4) is 0 Å². The third kappa shape index (κ3) is 10.1. The van der Waals surface area contributed by atoms with E-state index in [4.69, 9.17) is 5.11 Å². The Kier molecular flexibility index (Phi) is 16.4. The van der Waals surface area contributed by atoms with Crippen LogP contribution in [0.2, 0.25) is 0 Å². The third-order valence-corrected chi connectivity index (χ3v) is 4.95. The van der Waals surface area contributed by atoms with Gasteiger partial charge in [-0.15, -0.1) is 0 Å². The first-order valence-electron chi connectivity index (χ1n) is 10.5. The van der Waals surface area contributed by atoms with Gasteiger partial charge in [-0.1, -0.05) is 103 Å². The Bertz CT molecular complexity index is 346. The van der Waals surface area contributed by atoms with Crippen LogP contribution in [0.25, 0.3) is 0 Å². The molecule has 0 aromatic heterocycles. The Morgan fingerprint density at radius 3 is 2.00 bits per heavy atom. The fourth-order valence-electron chi connectivity index (χ4n) is 3.77. The molecule has 1 aliphatic rings. The lowest BCUT2D eigenvalue weighted by Crippen LogP contribution is -2.09. The summed E-state index contributed by atoms with van der Waals surface area (Å²) in [5.41, 5.74) is 1.48. The van der Waals surface area contributed by atoms with Gasteiger partial charge < -0.3 is 5.11 Å². The Labute approximate surface area is 151 Å². The fraction of sp³-hybridized carbons (Fsp3) is 0.739. The van der Waals surface area contributed by atoms with Crippen molar-refractivity contribution in [3.63, 3.8) is 0 Å².